The van der Waals surface area contributed by atoms with Crippen molar-refractivity contribution in [1.82, 2.24) is 18.3 Å². The van der Waals surface area contributed by atoms with E-state index in [0.717, 1.165) is 35.1 Å². The van der Waals surface area contributed by atoms with Gasteiger partial charge in [0.15, 0.2) is 4.77 Å². The Bertz CT molecular complexity index is 1280. The smallest absolute Gasteiger partial charge is 0.243 e. The number of sulfonamides is 1. The Morgan fingerprint density at radius 3 is 2.32 bits per heavy atom. The van der Waals surface area contributed by atoms with E-state index in [2.05, 4.69) is 21.6 Å². The maximum atomic E-state index is 13.3. The lowest BCUT2D eigenvalue weighted by atomic mass is 9.92. The van der Waals surface area contributed by atoms with Crippen LogP contribution >= 0.6 is 12.2 Å². The molecule has 2 aliphatic rings. The van der Waals surface area contributed by atoms with Crippen molar-refractivity contribution < 1.29 is 8.42 Å². The lowest BCUT2D eigenvalue weighted by molar-refractivity contribution is 0.153. The number of hydrogen-bond donors (Lipinski definition) is 0. The largest absolute Gasteiger partial charge is 0.320 e. The van der Waals surface area contributed by atoms with Gasteiger partial charge in [-0.2, -0.15) is 4.31 Å². The molecule has 1 aliphatic heterocycles. The Morgan fingerprint density at radius 2 is 1.58 bits per heavy atom. The molecule has 164 valence electrons. The molecule has 5 rings (SSSR count). The van der Waals surface area contributed by atoms with Crippen LogP contribution in [0.3, 0.4) is 0 Å². The van der Waals surface area contributed by atoms with E-state index >= 15 is 0 Å². The predicted molar refractivity (Wildman–Crippen MR) is 125 cm³/mol. The van der Waals surface area contributed by atoms with Gasteiger partial charge in [0.25, 0.3) is 0 Å². The van der Waals surface area contributed by atoms with Crippen molar-refractivity contribution in [3.8, 4) is 0 Å². The number of para-hydroxylation sites is 2. The van der Waals surface area contributed by atoms with E-state index in [-0.39, 0.29) is 0 Å². The molecule has 31 heavy (non-hydrogen) atoms. The van der Waals surface area contributed by atoms with Crippen LogP contribution in [0, 0.1) is 4.77 Å². The molecule has 6 nitrogen and oxygen atoms in total. The summed E-state index contributed by atoms with van der Waals surface area (Å²) in [5.74, 6) is 0. The van der Waals surface area contributed by atoms with Crippen molar-refractivity contribution in [2.75, 3.05) is 26.2 Å². The molecule has 1 saturated heterocycles. The second kappa shape index (κ2) is 8.16. The molecule has 1 fully saturated rings. The Morgan fingerprint density at radius 1 is 0.903 bits per heavy atom. The van der Waals surface area contributed by atoms with E-state index in [4.69, 9.17) is 12.2 Å². The van der Waals surface area contributed by atoms with Gasteiger partial charge in [-0.3, -0.25) is 4.90 Å². The molecule has 0 atom stereocenters. The average molecular weight is 457 g/mol. The van der Waals surface area contributed by atoms with E-state index < -0.39 is 10.0 Å². The Hall–Kier alpha value is -2.00. The SMILES string of the molecule is Cn1c(=S)n(CN2CCN(S(=O)(=O)c3ccc4c(c3)CCCC4)CC2)c2ccccc21. The first-order valence-electron chi connectivity index (χ1n) is 10.9. The molecule has 0 unspecified atom stereocenters. The van der Waals surface area contributed by atoms with Gasteiger partial charge in [-0.25, -0.2) is 8.42 Å². The van der Waals surface area contributed by atoms with Gasteiger partial charge in [0.2, 0.25) is 10.0 Å². The van der Waals surface area contributed by atoms with Gasteiger partial charge in [-0.1, -0.05) is 18.2 Å². The molecular formula is C23H28N4O2S2. The summed E-state index contributed by atoms with van der Waals surface area (Å²) in [7, 11) is -1.47. The Labute approximate surface area is 188 Å². The standard InChI is InChI=1S/C23H28N4O2S2/c1-24-21-8-4-5-9-22(21)27(23(24)30)17-25-12-14-26(15-13-25)31(28,29)20-11-10-18-6-2-3-7-19(18)16-20/h4-5,8-11,16H,2-3,6-7,12-15,17H2,1H3. The number of fused-ring (bicyclic) bond motifs is 2. The molecule has 0 saturated carbocycles. The molecule has 3 aromatic rings. The number of benzene rings is 2. The number of hydrogen-bond acceptors (Lipinski definition) is 4. The molecule has 0 spiro atoms. The van der Waals surface area contributed by atoms with Gasteiger partial charge in [-0.15, -0.1) is 0 Å². The van der Waals surface area contributed by atoms with Crippen LogP contribution in [0.2, 0.25) is 0 Å². The molecule has 1 aromatic heterocycles. The molecule has 8 heteroatoms. The fraction of sp³-hybridized carbons (Fsp3) is 0.435. The van der Waals surface area contributed by atoms with Crippen LogP contribution < -0.4 is 0 Å². The summed E-state index contributed by atoms with van der Waals surface area (Å²) in [6.07, 6.45) is 4.39. The van der Waals surface area contributed by atoms with Crippen molar-refractivity contribution in [1.29, 1.82) is 0 Å². The summed E-state index contributed by atoms with van der Waals surface area (Å²) in [5.41, 5.74) is 4.73. The quantitative estimate of drug-likeness (QED) is 0.564. The second-order valence-electron chi connectivity index (χ2n) is 8.56. The van der Waals surface area contributed by atoms with E-state index in [9.17, 15) is 8.42 Å². The van der Waals surface area contributed by atoms with E-state index in [1.807, 2.05) is 35.9 Å². The third kappa shape index (κ3) is 3.75. The lowest BCUT2D eigenvalue weighted by Gasteiger charge is -2.34. The molecule has 1 aliphatic carbocycles. The molecule has 2 aromatic carbocycles. The summed E-state index contributed by atoms with van der Waals surface area (Å²) >= 11 is 5.65. The van der Waals surface area contributed by atoms with Gasteiger partial charge in [0.1, 0.15) is 0 Å². The minimum absolute atomic E-state index is 0.442. The van der Waals surface area contributed by atoms with Gasteiger partial charge in [0, 0.05) is 33.2 Å². The van der Waals surface area contributed by atoms with Crippen molar-refractivity contribution in [3.05, 3.63) is 58.4 Å². The second-order valence-corrected chi connectivity index (χ2v) is 10.9. The van der Waals surface area contributed by atoms with Crippen molar-refractivity contribution in [2.24, 2.45) is 7.05 Å². The number of rotatable bonds is 4. The Balaban J connectivity index is 1.31. The van der Waals surface area contributed by atoms with E-state index in [1.54, 1.807) is 10.4 Å². The monoisotopic (exact) mass is 456 g/mol. The number of nitrogens with zero attached hydrogens (tertiary/aromatic N) is 4. The predicted octanol–water partition coefficient (Wildman–Crippen LogP) is 3.55. The number of piperazine rings is 1. The first kappa shape index (κ1) is 20.9. The molecule has 2 heterocycles. The molecule has 0 amide bonds. The van der Waals surface area contributed by atoms with E-state index in [0.29, 0.717) is 37.7 Å². The summed E-state index contributed by atoms with van der Waals surface area (Å²) < 4.78 is 33.1. The average Bonchev–Trinajstić information content (AvgIpc) is 3.04. The van der Waals surface area contributed by atoms with Gasteiger partial charge in [-0.05, 0) is 73.3 Å². The molecule has 0 radical (unpaired) electrons. The third-order valence-electron chi connectivity index (χ3n) is 6.68. The number of aryl methyl sites for hydroxylation is 3. The highest BCUT2D eigenvalue weighted by atomic mass is 32.2. The first-order chi connectivity index (χ1) is 14.9. The first-order valence-corrected chi connectivity index (χ1v) is 12.8. The van der Waals surface area contributed by atoms with Gasteiger partial charge < -0.3 is 9.13 Å². The maximum Gasteiger partial charge on any atom is 0.243 e. The molecule has 0 N–H and O–H groups in total. The number of imidazole rings is 1. The van der Waals surface area contributed by atoms with E-state index in [1.165, 1.54) is 17.5 Å². The normalized spacial score (nSPS) is 18.4. The lowest BCUT2D eigenvalue weighted by Crippen LogP contribution is -2.48. The molecular weight excluding hydrogens is 428 g/mol. The van der Waals surface area contributed by atoms with Crippen LogP contribution in [0.25, 0.3) is 11.0 Å². The minimum atomic E-state index is -3.46. The van der Waals surface area contributed by atoms with Crippen LogP contribution in [0.1, 0.15) is 24.0 Å². The fourth-order valence-electron chi connectivity index (χ4n) is 4.83. The zero-order valence-electron chi connectivity index (χ0n) is 17.8. The number of aromatic nitrogens is 2. The zero-order valence-corrected chi connectivity index (χ0v) is 19.5. The van der Waals surface area contributed by atoms with Gasteiger partial charge in [0.05, 0.1) is 22.6 Å². The van der Waals surface area contributed by atoms with Gasteiger partial charge >= 0.3 is 0 Å². The van der Waals surface area contributed by atoms with Crippen molar-refractivity contribution in [3.63, 3.8) is 0 Å². The fourth-order valence-corrected chi connectivity index (χ4v) is 6.56. The highest BCUT2D eigenvalue weighted by Crippen LogP contribution is 2.26. The summed E-state index contributed by atoms with van der Waals surface area (Å²) in [5, 5.41) is 0. The van der Waals surface area contributed by atoms with Crippen LogP contribution in [-0.4, -0.2) is 52.9 Å². The summed E-state index contributed by atoms with van der Waals surface area (Å²) in [4.78, 5) is 2.72. The summed E-state index contributed by atoms with van der Waals surface area (Å²) in [6, 6.07) is 13.9. The minimum Gasteiger partial charge on any atom is -0.320 e. The van der Waals surface area contributed by atoms with Crippen LogP contribution in [-0.2, 0) is 36.6 Å². The highest BCUT2D eigenvalue weighted by Gasteiger charge is 2.29. The zero-order chi connectivity index (χ0) is 21.6. The third-order valence-corrected chi connectivity index (χ3v) is 9.07. The van der Waals surface area contributed by atoms with Crippen LogP contribution in [0.5, 0.6) is 0 Å². The topological polar surface area (TPSA) is 50.5 Å². The highest BCUT2D eigenvalue weighted by molar-refractivity contribution is 7.89. The molecule has 0 bridgehead atoms. The summed E-state index contributed by atoms with van der Waals surface area (Å²) in [6.45, 7) is 3.05. The van der Waals surface area contributed by atoms with Crippen LogP contribution in [0.15, 0.2) is 47.4 Å². The van der Waals surface area contributed by atoms with Crippen LogP contribution in [0.4, 0.5) is 0 Å². The maximum absolute atomic E-state index is 13.3. The van der Waals surface area contributed by atoms with Crippen molar-refractivity contribution in [2.45, 2.75) is 37.2 Å². The van der Waals surface area contributed by atoms with Crippen molar-refractivity contribution >= 4 is 33.3 Å². The Kier molecular flexibility index (Phi) is 5.50.